The van der Waals surface area contributed by atoms with Crippen molar-refractivity contribution in [2.45, 2.75) is 20.1 Å². The lowest BCUT2D eigenvalue weighted by Gasteiger charge is -2.21. The summed E-state index contributed by atoms with van der Waals surface area (Å²) in [6.45, 7) is 2.80. The van der Waals surface area contributed by atoms with Gasteiger partial charge in [-0.05, 0) is 54.5 Å². The topological polar surface area (TPSA) is 54.0 Å². The van der Waals surface area contributed by atoms with Gasteiger partial charge in [0.1, 0.15) is 29.7 Å². The van der Waals surface area contributed by atoms with Crippen LogP contribution in [-0.2, 0) is 18.0 Å². The van der Waals surface area contributed by atoms with E-state index in [4.69, 9.17) is 18.9 Å². The number of Topliss-reactive ketones (excluding diaryl/α,β-unsaturated/α-hetero) is 1. The molecule has 2 heterocycles. The van der Waals surface area contributed by atoms with Crippen molar-refractivity contribution in [3.05, 3.63) is 92.4 Å². The number of ketones is 1. The lowest BCUT2D eigenvalue weighted by Crippen LogP contribution is -2.14. The molecule has 2 aliphatic rings. The highest BCUT2D eigenvalue weighted by atomic mass is 79.9. The lowest BCUT2D eigenvalue weighted by molar-refractivity contribution is -0.0176. The van der Waals surface area contributed by atoms with Crippen LogP contribution in [-0.4, -0.2) is 12.6 Å². The van der Waals surface area contributed by atoms with Crippen molar-refractivity contribution in [2.75, 3.05) is 6.79 Å². The van der Waals surface area contributed by atoms with Crippen LogP contribution in [0.5, 0.6) is 17.2 Å². The van der Waals surface area contributed by atoms with Crippen LogP contribution in [0, 0.1) is 12.7 Å². The Hall–Kier alpha value is -3.16. The van der Waals surface area contributed by atoms with Gasteiger partial charge in [0, 0.05) is 21.7 Å². The number of allylic oxidation sites excluding steroid dienone is 1. The summed E-state index contributed by atoms with van der Waals surface area (Å²) in [5, 5.41) is 0. The molecule has 0 aromatic heterocycles. The van der Waals surface area contributed by atoms with Gasteiger partial charge < -0.3 is 18.9 Å². The number of halogens is 2. The van der Waals surface area contributed by atoms with Crippen LogP contribution >= 0.6 is 15.9 Å². The van der Waals surface area contributed by atoms with E-state index in [1.54, 1.807) is 30.3 Å². The van der Waals surface area contributed by atoms with Crippen molar-refractivity contribution in [3.8, 4) is 17.2 Å². The van der Waals surface area contributed by atoms with Crippen molar-refractivity contribution >= 4 is 27.8 Å². The van der Waals surface area contributed by atoms with Gasteiger partial charge in [0.25, 0.3) is 0 Å². The lowest BCUT2D eigenvalue weighted by atomic mass is 10.0. The SMILES string of the molecule is Cc1cc(OCc2cc(Br)cc3c2OCOC3)cc2c1C(=O)/C(=C/c1cccc(F)c1)O2. The van der Waals surface area contributed by atoms with Gasteiger partial charge >= 0.3 is 0 Å². The van der Waals surface area contributed by atoms with Crippen molar-refractivity contribution in [1.82, 2.24) is 0 Å². The molecular formula is C25H18BrFO5. The van der Waals surface area contributed by atoms with E-state index in [1.165, 1.54) is 12.1 Å². The number of fused-ring (bicyclic) bond motifs is 2. The molecule has 0 saturated carbocycles. The van der Waals surface area contributed by atoms with Crippen molar-refractivity contribution in [1.29, 1.82) is 0 Å². The summed E-state index contributed by atoms with van der Waals surface area (Å²) in [5.41, 5.74) is 3.63. The Morgan fingerprint density at radius 1 is 1.19 bits per heavy atom. The van der Waals surface area contributed by atoms with Gasteiger partial charge in [0.05, 0.1) is 12.2 Å². The molecule has 0 N–H and O–H groups in total. The number of carbonyl (C=O) groups excluding carboxylic acids is 1. The molecule has 0 radical (unpaired) electrons. The van der Waals surface area contributed by atoms with Gasteiger partial charge in [-0.25, -0.2) is 4.39 Å². The van der Waals surface area contributed by atoms with E-state index >= 15 is 0 Å². The minimum atomic E-state index is -0.376. The molecule has 0 saturated heterocycles. The van der Waals surface area contributed by atoms with Crippen LogP contribution in [0.1, 0.15) is 32.6 Å². The maximum Gasteiger partial charge on any atom is 0.232 e. The second-order valence-electron chi connectivity index (χ2n) is 7.56. The molecule has 0 bridgehead atoms. The first-order valence-corrected chi connectivity index (χ1v) is 10.8. The van der Waals surface area contributed by atoms with Crippen LogP contribution in [0.3, 0.4) is 0 Å². The molecule has 7 heteroatoms. The fourth-order valence-electron chi connectivity index (χ4n) is 3.83. The number of hydrogen-bond donors (Lipinski definition) is 0. The summed E-state index contributed by atoms with van der Waals surface area (Å²) in [7, 11) is 0. The predicted molar refractivity (Wildman–Crippen MR) is 119 cm³/mol. The van der Waals surface area contributed by atoms with Crippen molar-refractivity contribution in [3.63, 3.8) is 0 Å². The molecule has 3 aromatic rings. The number of carbonyl (C=O) groups is 1. The van der Waals surface area contributed by atoms with E-state index < -0.39 is 0 Å². The van der Waals surface area contributed by atoms with Crippen molar-refractivity contribution in [2.24, 2.45) is 0 Å². The molecule has 5 nitrogen and oxygen atoms in total. The Morgan fingerprint density at radius 2 is 2.06 bits per heavy atom. The second-order valence-corrected chi connectivity index (χ2v) is 8.48. The fourth-order valence-corrected chi connectivity index (χ4v) is 4.39. The first-order valence-electron chi connectivity index (χ1n) is 9.97. The summed E-state index contributed by atoms with van der Waals surface area (Å²) in [6, 6.07) is 13.4. The zero-order valence-electron chi connectivity index (χ0n) is 17.1. The average molecular weight is 497 g/mol. The Kier molecular flexibility index (Phi) is 5.45. The van der Waals surface area contributed by atoms with E-state index in [0.29, 0.717) is 29.2 Å². The highest BCUT2D eigenvalue weighted by Gasteiger charge is 2.30. The predicted octanol–water partition coefficient (Wildman–Crippen LogP) is 5.96. The first-order chi connectivity index (χ1) is 15.5. The Bertz CT molecular complexity index is 1270. The highest BCUT2D eigenvalue weighted by molar-refractivity contribution is 9.10. The van der Waals surface area contributed by atoms with Crippen molar-refractivity contribution < 1.29 is 28.1 Å². The number of hydrogen-bond acceptors (Lipinski definition) is 5. The minimum absolute atomic E-state index is 0.153. The highest BCUT2D eigenvalue weighted by Crippen LogP contribution is 2.38. The number of aryl methyl sites for hydroxylation is 1. The summed E-state index contributed by atoms with van der Waals surface area (Å²) in [6.07, 6.45) is 1.54. The third kappa shape index (κ3) is 4.01. The third-order valence-electron chi connectivity index (χ3n) is 5.24. The maximum atomic E-state index is 13.5. The van der Waals surface area contributed by atoms with Gasteiger partial charge in [0.15, 0.2) is 12.6 Å². The molecule has 0 amide bonds. The van der Waals surface area contributed by atoms with Crippen LogP contribution < -0.4 is 14.2 Å². The van der Waals surface area contributed by atoms with E-state index in [9.17, 15) is 9.18 Å². The van der Waals surface area contributed by atoms with Gasteiger partial charge in [-0.15, -0.1) is 0 Å². The Morgan fingerprint density at radius 3 is 2.91 bits per heavy atom. The monoisotopic (exact) mass is 496 g/mol. The quantitative estimate of drug-likeness (QED) is 0.417. The molecular weight excluding hydrogens is 479 g/mol. The fraction of sp³-hybridized carbons (Fsp3) is 0.160. The van der Waals surface area contributed by atoms with Gasteiger partial charge in [-0.1, -0.05) is 28.1 Å². The summed E-state index contributed by atoms with van der Waals surface area (Å²) >= 11 is 3.51. The van der Waals surface area contributed by atoms with E-state index in [1.807, 2.05) is 19.1 Å². The molecule has 32 heavy (non-hydrogen) atoms. The maximum absolute atomic E-state index is 13.5. The smallest absolute Gasteiger partial charge is 0.232 e. The summed E-state index contributed by atoms with van der Waals surface area (Å²) in [5.74, 6) is 1.31. The summed E-state index contributed by atoms with van der Waals surface area (Å²) < 4.78 is 37.2. The zero-order valence-corrected chi connectivity index (χ0v) is 18.7. The van der Waals surface area contributed by atoms with E-state index in [-0.39, 0.29) is 30.8 Å². The zero-order chi connectivity index (χ0) is 22.2. The molecule has 162 valence electrons. The van der Waals surface area contributed by atoms with Gasteiger partial charge in [-0.2, -0.15) is 0 Å². The van der Waals surface area contributed by atoms with E-state index in [0.717, 1.165) is 26.9 Å². The van der Waals surface area contributed by atoms with Crippen LogP contribution in [0.4, 0.5) is 4.39 Å². The van der Waals surface area contributed by atoms with Gasteiger partial charge in [-0.3, -0.25) is 4.79 Å². The Balaban J connectivity index is 1.39. The number of ether oxygens (including phenoxy) is 4. The minimum Gasteiger partial charge on any atom is -0.489 e. The van der Waals surface area contributed by atoms with Crippen LogP contribution in [0.2, 0.25) is 0 Å². The largest absolute Gasteiger partial charge is 0.489 e. The van der Waals surface area contributed by atoms with Crippen LogP contribution in [0.25, 0.3) is 6.08 Å². The number of benzene rings is 3. The standard InChI is InChI=1S/C25H18BrFO5/c1-14-5-20(30-12-17-9-18(26)8-16-11-29-13-31-25(16)17)10-21-23(14)24(28)22(32-21)7-15-3-2-4-19(27)6-15/h2-10H,11-13H2,1H3/b22-7-. The first kappa shape index (κ1) is 20.7. The molecule has 3 aromatic carbocycles. The number of rotatable bonds is 4. The molecule has 0 fully saturated rings. The summed E-state index contributed by atoms with van der Waals surface area (Å²) in [4.78, 5) is 12.8. The average Bonchev–Trinajstić information content (AvgIpc) is 3.07. The molecule has 0 spiro atoms. The molecule has 5 rings (SSSR count). The Labute approximate surface area is 192 Å². The molecule has 0 unspecified atom stereocenters. The van der Waals surface area contributed by atoms with Crippen LogP contribution in [0.15, 0.2) is 58.8 Å². The van der Waals surface area contributed by atoms with E-state index in [2.05, 4.69) is 15.9 Å². The molecule has 0 atom stereocenters. The normalized spacial score (nSPS) is 15.7. The molecule has 2 aliphatic heterocycles. The third-order valence-corrected chi connectivity index (χ3v) is 5.69. The second kappa shape index (κ2) is 8.41. The molecule has 0 aliphatic carbocycles. The van der Waals surface area contributed by atoms with Gasteiger partial charge in [0.2, 0.25) is 5.78 Å².